The van der Waals surface area contributed by atoms with Crippen LogP contribution in [0.5, 0.6) is 5.75 Å². The molecule has 3 aromatic carbocycles. The number of hydrogen-bond donors (Lipinski definition) is 3. The molecule has 3 N–H and O–H groups in total. The summed E-state index contributed by atoms with van der Waals surface area (Å²) in [4.78, 5) is 81.9. The monoisotopic (exact) mass is 850 g/mol. The topological polar surface area (TPSA) is 173 Å². The molecule has 5 amide bonds. The summed E-state index contributed by atoms with van der Waals surface area (Å²) < 4.78 is 6.39. The van der Waals surface area contributed by atoms with Crippen molar-refractivity contribution in [3.63, 3.8) is 0 Å². The first-order valence-electron chi connectivity index (χ1n) is 19.2. The summed E-state index contributed by atoms with van der Waals surface area (Å²) in [5.41, 5.74) is 5.27. The van der Waals surface area contributed by atoms with Gasteiger partial charge < -0.3 is 39.9 Å². The summed E-state index contributed by atoms with van der Waals surface area (Å²) in [5.74, 6) is 0.470. The number of piperidine rings is 1. The van der Waals surface area contributed by atoms with Crippen molar-refractivity contribution in [3.05, 3.63) is 88.0 Å². The highest BCUT2D eigenvalue weighted by Gasteiger charge is 2.39. The molecule has 0 bridgehead atoms. The van der Waals surface area contributed by atoms with E-state index in [-0.39, 0.29) is 30.0 Å². The van der Waals surface area contributed by atoms with Crippen LogP contribution in [0, 0.1) is 0 Å². The number of nitrogens with zero attached hydrogens (tertiary/aromatic N) is 7. The van der Waals surface area contributed by atoms with Crippen molar-refractivity contribution < 1.29 is 28.7 Å². The van der Waals surface area contributed by atoms with Crippen LogP contribution in [0.25, 0.3) is 0 Å². The maximum absolute atomic E-state index is 13.6. The van der Waals surface area contributed by atoms with Crippen LogP contribution >= 0.6 is 15.9 Å². The number of imide groups is 1. The van der Waals surface area contributed by atoms with Gasteiger partial charge in [-0.25, -0.2) is 9.78 Å². The predicted molar refractivity (Wildman–Crippen MR) is 221 cm³/mol. The van der Waals surface area contributed by atoms with E-state index in [4.69, 9.17) is 4.74 Å². The molecule has 3 fully saturated rings. The molecule has 1 unspecified atom stereocenters. The number of anilines is 6. The van der Waals surface area contributed by atoms with Crippen LogP contribution in [0.3, 0.4) is 0 Å². The fraction of sp³-hybridized carbons (Fsp3) is 0.341. The standard InChI is InChI=1S/C41H43BrN10O6/c1-25(53)29-5-3-4-6-32(29)44-37-31(42)23-43-40(47-37)45-33-10-8-28(22-35(33)58-2)49-15-19-51(20-16-49)41(57)50-17-13-48(14-18-50)27-7-9-30-26(21-27)24-52(39(30)56)34-11-12-36(54)46-38(34)55/h3-10,21-23,34H,11-20,24H2,1-2H3,(H,46,54,55)(H2,43,44,45,47). The number of piperazine rings is 2. The van der Waals surface area contributed by atoms with E-state index >= 15 is 0 Å². The zero-order chi connectivity index (χ0) is 40.5. The van der Waals surface area contributed by atoms with Gasteiger partial charge in [0.2, 0.25) is 17.8 Å². The van der Waals surface area contributed by atoms with Crippen LogP contribution in [0.15, 0.2) is 71.3 Å². The number of benzene rings is 3. The summed E-state index contributed by atoms with van der Waals surface area (Å²) in [7, 11) is 1.61. The Morgan fingerprint density at radius 3 is 2.19 bits per heavy atom. The lowest BCUT2D eigenvalue weighted by Gasteiger charge is -2.41. The van der Waals surface area contributed by atoms with Crippen molar-refractivity contribution >= 4 is 80.0 Å². The number of ketones is 1. The summed E-state index contributed by atoms with van der Waals surface area (Å²) in [6, 6.07) is 18.3. The number of aromatic nitrogens is 2. The Morgan fingerprint density at radius 1 is 0.845 bits per heavy atom. The smallest absolute Gasteiger partial charge is 0.320 e. The highest BCUT2D eigenvalue weighted by Crippen LogP contribution is 2.34. The summed E-state index contributed by atoms with van der Waals surface area (Å²) in [5, 5.41) is 8.84. The first-order chi connectivity index (χ1) is 28.1. The second-order valence-electron chi connectivity index (χ2n) is 14.6. The summed E-state index contributed by atoms with van der Waals surface area (Å²) in [6.07, 6.45) is 2.18. The number of ether oxygens (including phenoxy) is 1. The number of rotatable bonds is 9. The largest absolute Gasteiger partial charge is 0.494 e. The lowest BCUT2D eigenvalue weighted by molar-refractivity contribution is -0.136. The van der Waals surface area contributed by atoms with Gasteiger partial charge in [-0.05, 0) is 77.3 Å². The lowest BCUT2D eigenvalue weighted by Crippen LogP contribution is -2.57. The number of nitrogens with one attached hydrogen (secondary N) is 3. The molecular formula is C41H43BrN10O6. The van der Waals surface area contributed by atoms with Crippen molar-refractivity contribution in [1.82, 2.24) is 30.0 Å². The molecule has 16 nitrogen and oxygen atoms in total. The Bertz CT molecular complexity index is 2290. The third-order valence-electron chi connectivity index (χ3n) is 11.1. The van der Waals surface area contributed by atoms with Crippen LogP contribution in [0.4, 0.5) is 39.3 Å². The molecule has 8 rings (SSSR count). The van der Waals surface area contributed by atoms with E-state index in [1.807, 2.05) is 64.4 Å². The second kappa shape index (κ2) is 16.3. The van der Waals surface area contributed by atoms with Crippen molar-refractivity contribution in [2.45, 2.75) is 32.4 Å². The number of urea groups is 1. The van der Waals surface area contributed by atoms with Gasteiger partial charge in [0.1, 0.15) is 17.6 Å². The van der Waals surface area contributed by atoms with Crippen molar-refractivity contribution in [2.75, 3.05) is 79.9 Å². The van der Waals surface area contributed by atoms with E-state index in [9.17, 15) is 24.0 Å². The van der Waals surface area contributed by atoms with E-state index in [0.29, 0.717) is 110 Å². The molecule has 3 saturated heterocycles. The fourth-order valence-electron chi connectivity index (χ4n) is 7.91. The van der Waals surface area contributed by atoms with Crippen molar-refractivity contribution in [3.8, 4) is 5.75 Å². The number of hydrogen-bond acceptors (Lipinski definition) is 12. The Labute approximate surface area is 343 Å². The number of Topliss-reactive ketones (excluding diaryl/α,β-unsaturated/α-hetero) is 1. The number of carbonyl (C=O) groups is 5. The van der Waals surface area contributed by atoms with E-state index in [2.05, 4.69) is 51.6 Å². The normalized spacial score (nSPS) is 18.2. The summed E-state index contributed by atoms with van der Waals surface area (Å²) >= 11 is 3.50. The van der Waals surface area contributed by atoms with Gasteiger partial charge in [0.15, 0.2) is 5.78 Å². The Balaban J connectivity index is 0.838. The van der Waals surface area contributed by atoms with Crippen molar-refractivity contribution in [1.29, 1.82) is 0 Å². The van der Waals surface area contributed by atoms with Gasteiger partial charge >= 0.3 is 6.03 Å². The molecule has 4 aromatic rings. The molecule has 0 saturated carbocycles. The Hall–Kier alpha value is -6.23. The Morgan fingerprint density at radius 2 is 1.52 bits per heavy atom. The minimum absolute atomic E-state index is 0.0315. The molecule has 4 aliphatic rings. The quantitative estimate of drug-likeness (QED) is 0.156. The third kappa shape index (κ3) is 7.85. The number of fused-ring (bicyclic) bond motifs is 1. The molecular weight excluding hydrogens is 808 g/mol. The summed E-state index contributed by atoms with van der Waals surface area (Å²) in [6.45, 7) is 6.82. The molecule has 5 heterocycles. The SMILES string of the molecule is COc1cc(N2CCN(C(=O)N3CCN(c4ccc5c(c4)CN(C4CCC(=O)NC4=O)C5=O)CC3)CC2)ccc1Nc1ncc(Br)c(Nc2ccccc2C(C)=O)n1. The average Bonchev–Trinajstić information content (AvgIpc) is 3.56. The molecule has 0 radical (unpaired) electrons. The van der Waals surface area contributed by atoms with Crippen LogP contribution in [-0.2, 0) is 16.1 Å². The van der Waals surface area contributed by atoms with Crippen LogP contribution in [-0.4, -0.2) is 120 Å². The number of methoxy groups -OCH3 is 1. The molecule has 4 aliphatic heterocycles. The maximum atomic E-state index is 13.6. The van der Waals surface area contributed by atoms with Gasteiger partial charge in [-0.15, -0.1) is 0 Å². The minimum atomic E-state index is -0.647. The van der Waals surface area contributed by atoms with Gasteiger partial charge in [0.25, 0.3) is 5.91 Å². The van der Waals surface area contributed by atoms with Crippen LogP contribution in [0.1, 0.15) is 46.0 Å². The van der Waals surface area contributed by atoms with Gasteiger partial charge in [0.05, 0.1) is 23.0 Å². The van der Waals surface area contributed by atoms with E-state index in [0.717, 1.165) is 16.9 Å². The predicted octanol–water partition coefficient (Wildman–Crippen LogP) is 4.76. The van der Waals surface area contributed by atoms with Gasteiger partial charge in [-0.2, -0.15) is 4.98 Å². The first kappa shape index (κ1) is 38.6. The minimum Gasteiger partial charge on any atom is -0.494 e. The van der Waals surface area contributed by atoms with Crippen molar-refractivity contribution in [2.24, 2.45) is 0 Å². The second-order valence-corrected chi connectivity index (χ2v) is 15.5. The van der Waals surface area contributed by atoms with Gasteiger partial charge in [0, 0.05) is 100 Å². The van der Waals surface area contributed by atoms with E-state index < -0.39 is 11.9 Å². The molecule has 17 heteroatoms. The molecule has 300 valence electrons. The maximum Gasteiger partial charge on any atom is 0.320 e. The van der Waals surface area contributed by atoms with Crippen LogP contribution < -0.4 is 30.5 Å². The van der Waals surface area contributed by atoms with Gasteiger partial charge in [-0.3, -0.25) is 24.5 Å². The fourth-order valence-corrected chi connectivity index (χ4v) is 8.20. The zero-order valence-electron chi connectivity index (χ0n) is 32.2. The van der Waals surface area contributed by atoms with Gasteiger partial charge in [-0.1, -0.05) is 12.1 Å². The van der Waals surface area contributed by atoms with E-state index in [1.54, 1.807) is 24.3 Å². The number of amides is 5. The van der Waals surface area contributed by atoms with E-state index in [1.165, 1.54) is 6.92 Å². The molecule has 58 heavy (non-hydrogen) atoms. The number of halogens is 1. The first-order valence-corrected chi connectivity index (χ1v) is 20.0. The molecule has 1 atom stereocenters. The van der Waals surface area contributed by atoms with Crippen LogP contribution in [0.2, 0.25) is 0 Å². The molecule has 0 aliphatic carbocycles. The Kier molecular flexibility index (Phi) is 10.9. The molecule has 0 spiro atoms. The number of para-hydroxylation sites is 1. The number of carbonyl (C=O) groups excluding carboxylic acids is 5. The molecule has 1 aromatic heterocycles. The highest BCUT2D eigenvalue weighted by atomic mass is 79.9. The highest BCUT2D eigenvalue weighted by molar-refractivity contribution is 9.10. The third-order valence-corrected chi connectivity index (χ3v) is 11.7. The zero-order valence-corrected chi connectivity index (χ0v) is 33.8. The lowest BCUT2D eigenvalue weighted by atomic mass is 10.0. The average molecular weight is 852 g/mol.